The average molecular weight is 467 g/mol. The molecule has 3 aromatic rings. The van der Waals surface area contributed by atoms with Crippen molar-refractivity contribution < 1.29 is 28.6 Å². The zero-order valence-corrected chi connectivity index (χ0v) is 17.9. The third-order valence-corrected chi connectivity index (χ3v) is 4.92. The van der Waals surface area contributed by atoms with Crippen molar-refractivity contribution >= 4 is 34.9 Å². The first-order chi connectivity index (χ1) is 15.7. The first-order valence-corrected chi connectivity index (χ1v) is 9.88. The van der Waals surface area contributed by atoms with E-state index in [9.17, 15) is 18.8 Å². The number of carboxylic acids is 1. The largest absolute Gasteiger partial charge is 0.483 e. The molecule has 0 unspecified atom stereocenters. The lowest BCUT2D eigenvalue weighted by atomic mass is 10.0. The van der Waals surface area contributed by atoms with Gasteiger partial charge in [-0.25, -0.2) is 9.18 Å². The molecule has 0 heterocycles. The zero-order valence-electron chi connectivity index (χ0n) is 17.2. The minimum Gasteiger partial charge on any atom is -0.483 e. The van der Waals surface area contributed by atoms with Gasteiger partial charge in [0.2, 0.25) is 0 Å². The number of halogens is 2. The van der Waals surface area contributed by atoms with Gasteiger partial charge in [0.1, 0.15) is 11.6 Å². The van der Waals surface area contributed by atoms with Crippen LogP contribution < -0.4 is 10.1 Å². The summed E-state index contributed by atoms with van der Waals surface area (Å²) in [4.78, 5) is 36.3. The van der Waals surface area contributed by atoms with Crippen LogP contribution in [0.4, 0.5) is 10.1 Å². The fourth-order valence-corrected chi connectivity index (χ4v) is 3.18. The van der Waals surface area contributed by atoms with E-state index < -0.39 is 35.6 Å². The molecule has 0 fully saturated rings. The Labute approximate surface area is 193 Å². The number of carboxylic acid groups (broad SMARTS) is 1. The molecular formula is C24H16ClFN2O5. The van der Waals surface area contributed by atoms with Gasteiger partial charge in [-0.3, -0.25) is 9.59 Å². The predicted octanol–water partition coefficient (Wildman–Crippen LogP) is 4.61. The minimum atomic E-state index is -1.42. The Morgan fingerprint density at radius 1 is 1.12 bits per heavy atom. The quantitative estimate of drug-likeness (QED) is 0.491. The number of anilines is 1. The molecule has 0 radical (unpaired) electrons. The number of ketones is 1. The number of hydrogen-bond acceptors (Lipinski definition) is 5. The van der Waals surface area contributed by atoms with Crippen LogP contribution in [0.2, 0.25) is 5.02 Å². The molecular weight excluding hydrogens is 451 g/mol. The van der Waals surface area contributed by atoms with E-state index in [4.69, 9.17) is 26.7 Å². The lowest BCUT2D eigenvalue weighted by Crippen LogP contribution is -2.22. The molecule has 3 aromatic carbocycles. The molecule has 0 aliphatic carbocycles. The van der Waals surface area contributed by atoms with Crippen LogP contribution in [-0.4, -0.2) is 29.4 Å². The van der Waals surface area contributed by atoms with E-state index in [1.54, 1.807) is 18.2 Å². The van der Waals surface area contributed by atoms with Crippen LogP contribution in [0.5, 0.6) is 5.75 Å². The van der Waals surface area contributed by atoms with E-state index in [-0.39, 0.29) is 33.1 Å². The molecule has 0 aliphatic rings. The summed E-state index contributed by atoms with van der Waals surface area (Å²) in [7, 11) is 0. The van der Waals surface area contributed by atoms with Gasteiger partial charge < -0.3 is 15.2 Å². The van der Waals surface area contributed by atoms with Crippen LogP contribution >= 0.6 is 11.6 Å². The summed E-state index contributed by atoms with van der Waals surface area (Å²) in [6, 6.07) is 14.7. The molecule has 0 spiro atoms. The first kappa shape index (κ1) is 23.4. The SMILES string of the molecule is Cc1c(NC(=O)COc2ccc(Cl)cc2C(=O)c2cccc(C#N)c2)ccc(C(=O)O)c1F. The highest BCUT2D eigenvalue weighted by Gasteiger charge is 2.19. The predicted molar refractivity (Wildman–Crippen MR) is 118 cm³/mol. The second kappa shape index (κ2) is 9.94. The fraction of sp³-hybridized carbons (Fsp3) is 0.0833. The number of carbonyl (C=O) groups is 3. The summed E-state index contributed by atoms with van der Waals surface area (Å²) in [6.07, 6.45) is 0. The number of hydrogen-bond donors (Lipinski definition) is 2. The smallest absolute Gasteiger partial charge is 0.338 e. The highest BCUT2D eigenvalue weighted by atomic mass is 35.5. The van der Waals surface area contributed by atoms with Crippen molar-refractivity contribution in [3.05, 3.63) is 93.3 Å². The van der Waals surface area contributed by atoms with Gasteiger partial charge in [-0.15, -0.1) is 0 Å². The number of rotatable bonds is 7. The molecule has 0 saturated carbocycles. The van der Waals surface area contributed by atoms with Crippen molar-refractivity contribution in [3.8, 4) is 11.8 Å². The van der Waals surface area contributed by atoms with E-state index in [0.29, 0.717) is 5.56 Å². The summed E-state index contributed by atoms with van der Waals surface area (Å²) in [5.74, 6) is -3.39. The standard InChI is InChI=1S/C24H16ClFN2O5/c1-13-19(7-6-17(22(13)26)24(31)32)28-21(29)12-33-20-8-5-16(25)10-18(20)23(30)15-4-2-3-14(9-15)11-27/h2-10H,12H2,1H3,(H,28,29)(H,31,32). The Balaban J connectivity index is 1.78. The van der Waals surface area contributed by atoms with Gasteiger partial charge in [-0.05, 0) is 49.4 Å². The maximum Gasteiger partial charge on any atom is 0.338 e. The van der Waals surface area contributed by atoms with Crippen LogP contribution in [0.1, 0.15) is 37.4 Å². The van der Waals surface area contributed by atoms with Crippen LogP contribution in [0.15, 0.2) is 54.6 Å². The van der Waals surface area contributed by atoms with Crippen molar-refractivity contribution in [1.29, 1.82) is 5.26 Å². The number of benzene rings is 3. The number of carbonyl (C=O) groups excluding carboxylic acids is 2. The van der Waals surface area contributed by atoms with Crippen molar-refractivity contribution in [2.24, 2.45) is 0 Å². The molecule has 33 heavy (non-hydrogen) atoms. The Hall–Kier alpha value is -4.22. The number of ether oxygens (including phenoxy) is 1. The number of nitriles is 1. The van der Waals surface area contributed by atoms with Crippen LogP contribution in [0, 0.1) is 24.1 Å². The number of aromatic carboxylic acids is 1. The van der Waals surface area contributed by atoms with E-state index in [1.807, 2.05) is 6.07 Å². The lowest BCUT2D eigenvalue weighted by molar-refractivity contribution is -0.118. The van der Waals surface area contributed by atoms with E-state index in [1.165, 1.54) is 37.3 Å². The van der Waals surface area contributed by atoms with Gasteiger partial charge in [0, 0.05) is 21.8 Å². The molecule has 0 aliphatic heterocycles. The van der Waals surface area contributed by atoms with Gasteiger partial charge in [0.15, 0.2) is 12.4 Å². The van der Waals surface area contributed by atoms with Crippen molar-refractivity contribution in [3.63, 3.8) is 0 Å². The molecule has 0 atom stereocenters. The zero-order chi connectivity index (χ0) is 24.1. The highest BCUT2D eigenvalue weighted by Crippen LogP contribution is 2.26. The monoisotopic (exact) mass is 466 g/mol. The molecule has 0 bridgehead atoms. The van der Waals surface area contributed by atoms with Crippen molar-refractivity contribution in [2.45, 2.75) is 6.92 Å². The van der Waals surface area contributed by atoms with Crippen LogP contribution in [0.25, 0.3) is 0 Å². The lowest BCUT2D eigenvalue weighted by Gasteiger charge is -2.13. The molecule has 2 N–H and O–H groups in total. The van der Waals surface area contributed by atoms with Crippen LogP contribution in [-0.2, 0) is 4.79 Å². The van der Waals surface area contributed by atoms with Gasteiger partial charge in [-0.1, -0.05) is 23.7 Å². The second-order valence-electron chi connectivity index (χ2n) is 6.90. The highest BCUT2D eigenvalue weighted by molar-refractivity contribution is 6.31. The Bertz CT molecular complexity index is 1320. The number of nitrogens with one attached hydrogen (secondary N) is 1. The van der Waals surface area contributed by atoms with Gasteiger partial charge in [0.05, 0.1) is 22.8 Å². The summed E-state index contributed by atoms with van der Waals surface area (Å²) < 4.78 is 19.7. The van der Waals surface area contributed by atoms with E-state index in [0.717, 1.165) is 6.07 Å². The Morgan fingerprint density at radius 2 is 1.88 bits per heavy atom. The maximum atomic E-state index is 14.2. The Kier molecular flexibility index (Phi) is 7.06. The maximum absolute atomic E-state index is 14.2. The summed E-state index contributed by atoms with van der Waals surface area (Å²) >= 11 is 6.03. The van der Waals surface area contributed by atoms with E-state index >= 15 is 0 Å². The van der Waals surface area contributed by atoms with Gasteiger partial charge >= 0.3 is 5.97 Å². The molecule has 7 nitrogen and oxygen atoms in total. The van der Waals surface area contributed by atoms with E-state index in [2.05, 4.69) is 5.32 Å². The fourth-order valence-electron chi connectivity index (χ4n) is 3.01. The van der Waals surface area contributed by atoms with Crippen LogP contribution in [0.3, 0.4) is 0 Å². The summed E-state index contributed by atoms with van der Waals surface area (Å²) in [6.45, 7) is 0.825. The molecule has 9 heteroatoms. The third kappa shape index (κ3) is 5.34. The minimum absolute atomic E-state index is 0.0389. The third-order valence-electron chi connectivity index (χ3n) is 4.69. The number of nitrogens with zero attached hydrogens (tertiary/aromatic N) is 1. The summed E-state index contributed by atoms with van der Waals surface area (Å²) in [5, 5.41) is 20.8. The first-order valence-electron chi connectivity index (χ1n) is 9.50. The Morgan fingerprint density at radius 3 is 2.58 bits per heavy atom. The molecule has 0 aromatic heterocycles. The summed E-state index contributed by atoms with van der Waals surface area (Å²) in [5.41, 5.74) is 0.191. The van der Waals surface area contributed by atoms with Crippen molar-refractivity contribution in [2.75, 3.05) is 11.9 Å². The van der Waals surface area contributed by atoms with Crippen molar-refractivity contribution in [1.82, 2.24) is 0 Å². The molecule has 166 valence electrons. The topological polar surface area (TPSA) is 116 Å². The molecule has 1 amide bonds. The van der Waals surface area contributed by atoms with Gasteiger partial charge in [-0.2, -0.15) is 5.26 Å². The number of amides is 1. The average Bonchev–Trinajstić information content (AvgIpc) is 2.80. The molecule has 0 saturated heterocycles. The second-order valence-corrected chi connectivity index (χ2v) is 7.34. The van der Waals surface area contributed by atoms with Gasteiger partial charge in [0.25, 0.3) is 5.91 Å². The normalized spacial score (nSPS) is 10.2. The molecule has 3 rings (SSSR count).